The highest BCUT2D eigenvalue weighted by molar-refractivity contribution is 5.98. The lowest BCUT2D eigenvalue weighted by atomic mass is 10.1. The molecule has 0 bridgehead atoms. The van der Waals surface area contributed by atoms with E-state index in [1.165, 1.54) is 31.2 Å². The Morgan fingerprint density at radius 2 is 1.68 bits per heavy atom. The Hall–Kier alpha value is -3.89. The zero-order valence-electron chi connectivity index (χ0n) is 16.6. The maximum absolute atomic E-state index is 13.4. The summed E-state index contributed by atoms with van der Waals surface area (Å²) in [5, 5.41) is 3.81. The Labute approximate surface area is 173 Å². The number of nitrogens with zero attached hydrogens (tertiary/aromatic N) is 2. The van der Waals surface area contributed by atoms with Crippen LogP contribution >= 0.6 is 0 Å². The number of hydrogen-bond acceptors (Lipinski definition) is 5. The molecule has 2 N–H and O–H groups in total. The first kappa shape index (κ1) is 21.8. The number of carbonyl (C=O) groups is 2. The first-order chi connectivity index (χ1) is 14.5. The summed E-state index contributed by atoms with van der Waals surface area (Å²) < 4.78 is 46.2. The van der Waals surface area contributed by atoms with E-state index in [0.717, 1.165) is 16.8 Å². The molecule has 3 aromatic rings. The molecule has 31 heavy (non-hydrogen) atoms. The predicted molar refractivity (Wildman–Crippen MR) is 103 cm³/mol. The van der Waals surface area contributed by atoms with Crippen molar-refractivity contribution in [2.24, 2.45) is 0 Å². The third-order valence-electron chi connectivity index (χ3n) is 4.34. The fourth-order valence-electron chi connectivity index (χ4n) is 2.94. The summed E-state index contributed by atoms with van der Waals surface area (Å²) in [6.07, 6.45) is -4.68. The third kappa shape index (κ3) is 4.49. The lowest BCUT2D eigenvalue weighted by Gasteiger charge is -2.16. The molecule has 2 aromatic heterocycles. The van der Waals surface area contributed by atoms with Gasteiger partial charge in [-0.05, 0) is 39.0 Å². The number of alkyl halides is 3. The molecule has 3 rings (SSSR count). The van der Waals surface area contributed by atoms with Crippen molar-refractivity contribution < 1.29 is 27.2 Å². The van der Waals surface area contributed by atoms with E-state index in [1.807, 2.05) is 5.43 Å². The number of para-hydroxylation sites is 1. The first-order valence-electron chi connectivity index (χ1n) is 8.94. The Kier molecular flexibility index (Phi) is 5.69. The van der Waals surface area contributed by atoms with Gasteiger partial charge < -0.3 is 4.42 Å². The quantitative estimate of drug-likeness (QED) is 0.617. The van der Waals surface area contributed by atoms with Gasteiger partial charge >= 0.3 is 6.18 Å². The van der Waals surface area contributed by atoms with E-state index in [9.17, 15) is 27.6 Å². The summed E-state index contributed by atoms with van der Waals surface area (Å²) in [6, 6.07) is 7.07. The van der Waals surface area contributed by atoms with Crippen LogP contribution in [0.15, 0.2) is 45.6 Å². The monoisotopic (exact) mass is 434 g/mol. The number of amides is 2. The van der Waals surface area contributed by atoms with E-state index in [0.29, 0.717) is 11.5 Å². The average Bonchev–Trinajstić information content (AvgIpc) is 3.03. The highest BCUT2D eigenvalue weighted by Gasteiger charge is 2.34. The Balaban J connectivity index is 1.92. The number of rotatable bonds is 3. The molecule has 1 aromatic carbocycles. The summed E-state index contributed by atoms with van der Waals surface area (Å²) in [7, 11) is 0. The van der Waals surface area contributed by atoms with Crippen LogP contribution in [0.4, 0.5) is 13.2 Å². The molecular formula is C20H17F3N4O4. The largest absolute Gasteiger partial charge is 0.466 e. The van der Waals surface area contributed by atoms with Gasteiger partial charge in [-0.3, -0.25) is 25.2 Å². The van der Waals surface area contributed by atoms with Crippen molar-refractivity contribution in [3.63, 3.8) is 0 Å². The normalized spacial score (nSPS) is 11.3. The molecule has 2 heterocycles. The van der Waals surface area contributed by atoms with Crippen molar-refractivity contribution in [1.29, 1.82) is 0 Å². The summed E-state index contributed by atoms with van der Waals surface area (Å²) >= 11 is 0. The molecule has 0 radical (unpaired) electrons. The molecule has 162 valence electrons. The minimum atomic E-state index is -4.68. The second-order valence-electron chi connectivity index (χ2n) is 6.66. The highest BCUT2D eigenvalue weighted by Crippen LogP contribution is 2.33. The van der Waals surface area contributed by atoms with Crippen LogP contribution in [-0.4, -0.2) is 21.6 Å². The molecule has 0 unspecified atom stereocenters. The van der Waals surface area contributed by atoms with E-state index in [-0.39, 0.29) is 16.9 Å². The van der Waals surface area contributed by atoms with Crippen LogP contribution in [0.5, 0.6) is 0 Å². The number of carbonyl (C=O) groups excluding carboxylic acids is 2. The molecule has 0 saturated heterocycles. The van der Waals surface area contributed by atoms with Gasteiger partial charge in [0.05, 0.1) is 16.8 Å². The van der Waals surface area contributed by atoms with Gasteiger partial charge in [-0.1, -0.05) is 12.1 Å². The highest BCUT2D eigenvalue weighted by atomic mass is 19.4. The number of hydrogen-bond donors (Lipinski definition) is 2. The number of aryl methyl sites for hydroxylation is 3. The molecule has 8 nitrogen and oxygen atoms in total. The van der Waals surface area contributed by atoms with E-state index < -0.39 is 34.7 Å². The average molecular weight is 434 g/mol. The molecule has 2 amide bonds. The van der Waals surface area contributed by atoms with Gasteiger partial charge in [0.15, 0.2) is 5.69 Å². The van der Waals surface area contributed by atoms with Crippen LogP contribution in [0.25, 0.3) is 5.69 Å². The fraction of sp³-hybridized carbons (Fsp3) is 0.200. The Morgan fingerprint density at radius 1 is 1.03 bits per heavy atom. The number of nitrogens with one attached hydrogen (secondary N) is 2. The smallest absolute Gasteiger partial charge is 0.418 e. The molecule has 0 aliphatic carbocycles. The summed E-state index contributed by atoms with van der Waals surface area (Å²) in [5.41, 5.74) is 1.57. The van der Waals surface area contributed by atoms with E-state index >= 15 is 0 Å². The zero-order chi connectivity index (χ0) is 22.9. The van der Waals surface area contributed by atoms with Crippen molar-refractivity contribution in [2.45, 2.75) is 26.9 Å². The van der Waals surface area contributed by atoms with Crippen molar-refractivity contribution >= 4 is 11.8 Å². The van der Waals surface area contributed by atoms with Crippen molar-refractivity contribution in [1.82, 2.24) is 20.6 Å². The SMILES string of the molecule is Cc1cc(C(=O)NNC(=O)c2nn(-c3ccccc3C(F)(F)F)c(C)cc2=O)c(C)o1. The summed E-state index contributed by atoms with van der Waals surface area (Å²) in [4.78, 5) is 36.8. The number of aromatic nitrogens is 2. The number of benzene rings is 1. The first-order valence-corrected chi connectivity index (χ1v) is 8.94. The van der Waals surface area contributed by atoms with Gasteiger partial charge in [0.2, 0.25) is 5.43 Å². The number of furan rings is 1. The van der Waals surface area contributed by atoms with Gasteiger partial charge in [-0.2, -0.15) is 18.3 Å². The van der Waals surface area contributed by atoms with Crippen LogP contribution < -0.4 is 16.3 Å². The van der Waals surface area contributed by atoms with Crippen LogP contribution in [0.3, 0.4) is 0 Å². The predicted octanol–water partition coefficient (Wildman–Crippen LogP) is 2.84. The number of hydrazine groups is 1. The second kappa shape index (κ2) is 8.09. The molecule has 0 spiro atoms. The van der Waals surface area contributed by atoms with Crippen LogP contribution in [0, 0.1) is 20.8 Å². The van der Waals surface area contributed by atoms with Gasteiger partial charge in [0, 0.05) is 11.8 Å². The lowest BCUT2D eigenvalue weighted by Crippen LogP contribution is -2.44. The van der Waals surface area contributed by atoms with E-state index in [1.54, 1.807) is 13.8 Å². The van der Waals surface area contributed by atoms with E-state index in [4.69, 9.17) is 4.42 Å². The molecule has 0 atom stereocenters. The Morgan fingerprint density at radius 3 is 2.29 bits per heavy atom. The molecule has 0 fully saturated rings. The molecule has 11 heteroatoms. The van der Waals surface area contributed by atoms with Crippen molar-refractivity contribution in [3.8, 4) is 5.69 Å². The van der Waals surface area contributed by atoms with E-state index in [2.05, 4.69) is 10.5 Å². The van der Waals surface area contributed by atoms with Crippen LogP contribution in [0.1, 0.15) is 43.6 Å². The van der Waals surface area contributed by atoms with Gasteiger partial charge in [0.1, 0.15) is 11.5 Å². The minimum absolute atomic E-state index is 0.0896. The maximum Gasteiger partial charge on any atom is 0.418 e. The molecule has 0 aliphatic rings. The molecular weight excluding hydrogens is 417 g/mol. The van der Waals surface area contributed by atoms with Crippen LogP contribution in [0.2, 0.25) is 0 Å². The van der Waals surface area contributed by atoms with Crippen LogP contribution in [-0.2, 0) is 6.18 Å². The Bertz CT molecular complexity index is 1230. The molecule has 0 saturated carbocycles. The number of halogens is 3. The summed E-state index contributed by atoms with van der Waals surface area (Å²) in [5.74, 6) is -0.976. The third-order valence-corrected chi connectivity index (χ3v) is 4.34. The van der Waals surface area contributed by atoms with Gasteiger partial charge in [0.25, 0.3) is 11.8 Å². The fourth-order valence-corrected chi connectivity index (χ4v) is 2.94. The van der Waals surface area contributed by atoms with Crippen molar-refractivity contribution in [3.05, 3.63) is 80.7 Å². The van der Waals surface area contributed by atoms with Gasteiger partial charge in [-0.25, -0.2) is 4.68 Å². The summed E-state index contributed by atoms with van der Waals surface area (Å²) in [6.45, 7) is 4.58. The molecule has 0 aliphatic heterocycles. The van der Waals surface area contributed by atoms with Crippen molar-refractivity contribution in [2.75, 3.05) is 0 Å². The standard InChI is InChI=1S/C20H17F3N4O4/c1-10-8-16(28)17(19(30)25-24-18(29)13-9-11(2)31-12(13)3)26-27(10)15-7-5-4-6-14(15)20(21,22)23/h4-9H,1-3H3,(H,24,29)(H,25,30). The topological polar surface area (TPSA) is 106 Å². The van der Waals surface area contributed by atoms with Gasteiger partial charge in [-0.15, -0.1) is 0 Å². The lowest BCUT2D eigenvalue weighted by molar-refractivity contribution is -0.137. The maximum atomic E-state index is 13.4. The minimum Gasteiger partial charge on any atom is -0.466 e. The second-order valence-corrected chi connectivity index (χ2v) is 6.66. The zero-order valence-corrected chi connectivity index (χ0v) is 16.6.